The van der Waals surface area contributed by atoms with Gasteiger partial charge in [-0.25, -0.2) is 0 Å². The third kappa shape index (κ3) is 37.7. The third-order valence-electron chi connectivity index (χ3n) is 9.92. The standard InChI is InChI=1S/C45H85NO3/c1-3-5-7-9-11-13-15-17-18-19-20-21-22-23-24-25-26-27-29-30-32-34-36-38-40-44(48)43(42-47)46-45(49)41-39-37-35-33-31-28-16-14-12-10-8-6-4-2/h6,8,12,14,28,31,43-44,47-48H,3-5,7,9-11,13,15-27,29-30,32-42H2,1-2H3,(H,46,49)/b8-6-,14-12-,31-28-. The number of rotatable bonds is 39. The largest absolute Gasteiger partial charge is 0.394 e. The van der Waals surface area contributed by atoms with Crippen LogP contribution in [0.2, 0.25) is 0 Å². The van der Waals surface area contributed by atoms with Crippen LogP contribution in [-0.2, 0) is 4.79 Å². The lowest BCUT2D eigenvalue weighted by atomic mass is 10.0. The Kier molecular flexibility index (Phi) is 39.9. The molecule has 0 aromatic rings. The highest BCUT2D eigenvalue weighted by molar-refractivity contribution is 5.76. The molecule has 288 valence electrons. The molecule has 1 amide bonds. The average Bonchev–Trinajstić information content (AvgIpc) is 3.10. The summed E-state index contributed by atoms with van der Waals surface area (Å²) in [5.41, 5.74) is 0. The zero-order chi connectivity index (χ0) is 35.7. The molecule has 0 aliphatic rings. The molecule has 0 bridgehead atoms. The number of amides is 1. The van der Waals surface area contributed by atoms with Gasteiger partial charge >= 0.3 is 0 Å². The first-order valence-electron chi connectivity index (χ1n) is 21.7. The number of aliphatic hydroxyl groups is 2. The lowest BCUT2D eigenvalue weighted by Crippen LogP contribution is -2.45. The minimum absolute atomic E-state index is 0.0597. The van der Waals surface area contributed by atoms with Crippen molar-refractivity contribution in [2.45, 2.75) is 238 Å². The first kappa shape index (κ1) is 47.6. The Morgan fingerprint density at radius 2 is 0.898 bits per heavy atom. The predicted octanol–water partition coefficient (Wildman–Crippen LogP) is 13.4. The molecule has 2 unspecified atom stereocenters. The number of carbonyl (C=O) groups excluding carboxylic acids is 1. The van der Waals surface area contributed by atoms with E-state index in [4.69, 9.17) is 0 Å². The van der Waals surface area contributed by atoms with Crippen LogP contribution < -0.4 is 5.32 Å². The van der Waals surface area contributed by atoms with E-state index in [2.05, 4.69) is 55.6 Å². The maximum atomic E-state index is 12.3. The highest BCUT2D eigenvalue weighted by Gasteiger charge is 2.19. The molecule has 0 heterocycles. The van der Waals surface area contributed by atoms with E-state index in [1.807, 2.05) is 0 Å². The fourth-order valence-corrected chi connectivity index (χ4v) is 6.61. The van der Waals surface area contributed by atoms with Gasteiger partial charge in [0.2, 0.25) is 5.91 Å². The second-order valence-corrected chi connectivity index (χ2v) is 14.7. The van der Waals surface area contributed by atoms with E-state index in [0.29, 0.717) is 12.8 Å². The SMILES string of the molecule is CC/C=C\C/C=C\C/C=C\CCCCCC(=O)NC(CO)C(O)CCCCCCCCCCCCCCCCCCCCCCCCCC. The highest BCUT2D eigenvalue weighted by Crippen LogP contribution is 2.16. The van der Waals surface area contributed by atoms with Gasteiger partial charge < -0.3 is 15.5 Å². The maximum absolute atomic E-state index is 12.3. The van der Waals surface area contributed by atoms with Crippen molar-refractivity contribution in [3.63, 3.8) is 0 Å². The lowest BCUT2D eigenvalue weighted by molar-refractivity contribution is -0.123. The van der Waals surface area contributed by atoms with Crippen LogP contribution in [0.15, 0.2) is 36.5 Å². The van der Waals surface area contributed by atoms with E-state index in [0.717, 1.165) is 57.8 Å². The minimum atomic E-state index is -0.671. The lowest BCUT2D eigenvalue weighted by Gasteiger charge is -2.22. The molecular formula is C45H85NO3. The van der Waals surface area contributed by atoms with Crippen molar-refractivity contribution in [2.75, 3.05) is 6.61 Å². The number of aliphatic hydroxyl groups excluding tert-OH is 2. The van der Waals surface area contributed by atoms with Crippen molar-refractivity contribution in [1.82, 2.24) is 5.32 Å². The van der Waals surface area contributed by atoms with Gasteiger partial charge in [-0.15, -0.1) is 0 Å². The quantitative estimate of drug-likeness (QED) is 0.0445. The summed E-state index contributed by atoms with van der Waals surface area (Å²) in [6, 6.07) is -0.550. The van der Waals surface area contributed by atoms with Gasteiger partial charge in [-0.2, -0.15) is 0 Å². The smallest absolute Gasteiger partial charge is 0.220 e. The van der Waals surface area contributed by atoms with E-state index < -0.39 is 12.1 Å². The fourth-order valence-electron chi connectivity index (χ4n) is 6.61. The molecule has 49 heavy (non-hydrogen) atoms. The fraction of sp³-hybridized carbons (Fsp3) is 0.844. The Bertz CT molecular complexity index is 746. The molecule has 0 fully saturated rings. The summed E-state index contributed by atoms with van der Waals surface area (Å²) in [6.45, 7) is 4.24. The summed E-state index contributed by atoms with van der Waals surface area (Å²) in [5, 5.41) is 23.1. The summed E-state index contributed by atoms with van der Waals surface area (Å²) >= 11 is 0. The van der Waals surface area contributed by atoms with Gasteiger partial charge in [0.25, 0.3) is 0 Å². The number of nitrogens with one attached hydrogen (secondary N) is 1. The number of hydrogen-bond acceptors (Lipinski definition) is 3. The maximum Gasteiger partial charge on any atom is 0.220 e. The Morgan fingerprint density at radius 3 is 1.33 bits per heavy atom. The van der Waals surface area contributed by atoms with Gasteiger partial charge in [-0.1, -0.05) is 211 Å². The Labute approximate surface area is 306 Å². The monoisotopic (exact) mass is 688 g/mol. The summed E-state index contributed by atoms with van der Waals surface area (Å²) in [5.74, 6) is -0.0597. The van der Waals surface area contributed by atoms with Crippen LogP contribution in [0.4, 0.5) is 0 Å². The van der Waals surface area contributed by atoms with Crippen LogP contribution in [-0.4, -0.2) is 34.9 Å². The molecule has 0 aromatic heterocycles. The number of hydrogen-bond donors (Lipinski definition) is 3. The Hall–Kier alpha value is -1.39. The third-order valence-corrected chi connectivity index (χ3v) is 9.92. The molecular weight excluding hydrogens is 602 g/mol. The van der Waals surface area contributed by atoms with Gasteiger partial charge in [0.05, 0.1) is 18.8 Å². The molecule has 4 nitrogen and oxygen atoms in total. The van der Waals surface area contributed by atoms with Crippen molar-refractivity contribution >= 4 is 5.91 Å². The van der Waals surface area contributed by atoms with Crippen LogP contribution in [0.3, 0.4) is 0 Å². The van der Waals surface area contributed by atoms with Gasteiger partial charge in [0.15, 0.2) is 0 Å². The van der Waals surface area contributed by atoms with E-state index >= 15 is 0 Å². The van der Waals surface area contributed by atoms with E-state index in [1.54, 1.807) is 0 Å². The molecule has 0 radical (unpaired) electrons. The Morgan fingerprint density at radius 1 is 0.510 bits per heavy atom. The summed E-state index contributed by atoms with van der Waals surface area (Å²) in [6.07, 6.45) is 53.7. The van der Waals surface area contributed by atoms with Crippen molar-refractivity contribution < 1.29 is 15.0 Å². The molecule has 4 heteroatoms. The second-order valence-electron chi connectivity index (χ2n) is 14.7. The highest BCUT2D eigenvalue weighted by atomic mass is 16.3. The summed E-state index contributed by atoms with van der Waals surface area (Å²) < 4.78 is 0. The molecule has 0 saturated heterocycles. The van der Waals surface area contributed by atoms with E-state index in [-0.39, 0.29) is 12.5 Å². The predicted molar refractivity (Wildman–Crippen MR) is 216 cm³/mol. The molecule has 0 rings (SSSR count). The van der Waals surface area contributed by atoms with Crippen LogP contribution in [0.5, 0.6) is 0 Å². The normalized spacial score (nSPS) is 13.3. The number of allylic oxidation sites excluding steroid dienone is 6. The first-order chi connectivity index (χ1) is 24.2. The van der Waals surface area contributed by atoms with Crippen LogP contribution >= 0.6 is 0 Å². The number of unbranched alkanes of at least 4 members (excludes halogenated alkanes) is 26. The van der Waals surface area contributed by atoms with Gasteiger partial charge in [0, 0.05) is 6.42 Å². The van der Waals surface area contributed by atoms with Crippen LogP contribution in [0, 0.1) is 0 Å². The molecule has 0 saturated carbocycles. The van der Waals surface area contributed by atoms with Crippen LogP contribution in [0.1, 0.15) is 226 Å². The number of carbonyl (C=O) groups is 1. The van der Waals surface area contributed by atoms with Crippen molar-refractivity contribution in [2.24, 2.45) is 0 Å². The van der Waals surface area contributed by atoms with Crippen molar-refractivity contribution in [1.29, 1.82) is 0 Å². The molecule has 0 aliphatic carbocycles. The zero-order valence-electron chi connectivity index (χ0n) is 33.0. The molecule has 0 aliphatic heterocycles. The summed E-state index contributed by atoms with van der Waals surface area (Å²) in [4.78, 5) is 12.3. The molecule has 3 N–H and O–H groups in total. The topological polar surface area (TPSA) is 69.6 Å². The molecule has 0 spiro atoms. The Balaban J connectivity index is 3.49. The van der Waals surface area contributed by atoms with Gasteiger partial charge in [-0.05, 0) is 44.9 Å². The van der Waals surface area contributed by atoms with Crippen LogP contribution in [0.25, 0.3) is 0 Å². The van der Waals surface area contributed by atoms with Gasteiger partial charge in [-0.3, -0.25) is 4.79 Å². The molecule has 0 aromatic carbocycles. The van der Waals surface area contributed by atoms with Crippen molar-refractivity contribution in [3.8, 4) is 0 Å². The summed E-state index contributed by atoms with van der Waals surface area (Å²) in [7, 11) is 0. The van der Waals surface area contributed by atoms with E-state index in [9.17, 15) is 15.0 Å². The average molecular weight is 688 g/mol. The van der Waals surface area contributed by atoms with E-state index in [1.165, 1.54) is 141 Å². The van der Waals surface area contributed by atoms with Crippen molar-refractivity contribution in [3.05, 3.63) is 36.5 Å². The minimum Gasteiger partial charge on any atom is -0.394 e. The first-order valence-corrected chi connectivity index (χ1v) is 21.7. The second kappa shape index (κ2) is 41.0. The molecule has 2 atom stereocenters. The van der Waals surface area contributed by atoms with Gasteiger partial charge in [0.1, 0.15) is 0 Å². The zero-order valence-corrected chi connectivity index (χ0v) is 33.0.